The maximum Gasteiger partial charge on any atom is 0.416 e. The highest BCUT2D eigenvalue weighted by atomic mass is 35.5. The molecular weight excluding hydrogens is 295 g/mol. The van der Waals surface area contributed by atoms with Gasteiger partial charge in [-0.25, -0.2) is 13.8 Å². The fraction of sp³-hybridized carbons (Fsp3) is 0.500. The molecule has 0 aliphatic rings. The highest BCUT2D eigenvalue weighted by Gasteiger charge is 2.32. The third-order valence-corrected chi connectivity index (χ3v) is 2.35. The third kappa shape index (κ3) is 4.79. The Bertz CT molecular complexity index is 427. The Hall–Kier alpha value is -1.15. The average Bonchev–Trinajstić information content (AvgIpc) is 2.26. The molecule has 1 rings (SSSR count). The van der Waals surface area contributed by atoms with Crippen LogP contribution in [0.4, 0.5) is 27.8 Å². The molecule has 3 nitrogen and oxygen atoms in total. The van der Waals surface area contributed by atoms with Gasteiger partial charge in [-0.05, 0) is 12.1 Å². The summed E-state index contributed by atoms with van der Waals surface area (Å²) in [6.07, 6.45) is -7.43. The number of hydrogen-bond donors (Lipinski definition) is 1. The van der Waals surface area contributed by atoms with Crippen LogP contribution in [0.5, 0.6) is 0 Å². The van der Waals surface area contributed by atoms with E-state index in [-0.39, 0.29) is 12.4 Å². The molecule has 0 fully saturated rings. The summed E-state index contributed by atoms with van der Waals surface area (Å²) in [6.45, 7) is -1.61. The smallest absolute Gasteiger partial charge is 0.395 e. The van der Waals surface area contributed by atoms with E-state index in [2.05, 4.69) is 4.98 Å². The molecule has 0 saturated heterocycles. The van der Waals surface area contributed by atoms with Gasteiger partial charge in [-0.3, -0.25) is 0 Å². The molecule has 0 aromatic carbocycles. The molecular formula is C10H10ClF5N2O. The van der Waals surface area contributed by atoms with Crippen molar-refractivity contribution < 1.29 is 27.1 Å². The van der Waals surface area contributed by atoms with Gasteiger partial charge in [-0.1, -0.05) is 11.6 Å². The molecule has 108 valence electrons. The van der Waals surface area contributed by atoms with E-state index >= 15 is 0 Å². The normalized spacial score (nSPS) is 12.0. The van der Waals surface area contributed by atoms with Gasteiger partial charge in [0.2, 0.25) is 0 Å². The Labute approximate surface area is 110 Å². The van der Waals surface area contributed by atoms with Crippen LogP contribution in [0.15, 0.2) is 12.1 Å². The van der Waals surface area contributed by atoms with Gasteiger partial charge in [0.1, 0.15) is 11.0 Å². The fourth-order valence-corrected chi connectivity index (χ4v) is 1.60. The number of anilines is 1. The molecule has 0 unspecified atom stereocenters. The summed E-state index contributed by atoms with van der Waals surface area (Å²) in [5.41, 5.74) is -1.08. The minimum absolute atomic E-state index is 0.269. The van der Waals surface area contributed by atoms with Gasteiger partial charge in [0.05, 0.1) is 18.7 Å². The molecule has 19 heavy (non-hydrogen) atoms. The minimum atomic E-state index is -4.66. The lowest BCUT2D eigenvalue weighted by Crippen LogP contribution is -2.32. The van der Waals surface area contributed by atoms with Gasteiger partial charge in [-0.15, -0.1) is 0 Å². The molecule has 0 aliphatic heterocycles. The lowest BCUT2D eigenvalue weighted by molar-refractivity contribution is -0.137. The predicted molar refractivity (Wildman–Crippen MR) is 59.6 cm³/mol. The highest BCUT2D eigenvalue weighted by Crippen LogP contribution is 2.32. The average molecular weight is 305 g/mol. The maximum atomic E-state index is 12.6. The fourth-order valence-electron chi connectivity index (χ4n) is 1.40. The van der Waals surface area contributed by atoms with E-state index in [1.54, 1.807) is 0 Å². The Balaban J connectivity index is 3.12. The molecule has 9 heteroatoms. The first-order chi connectivity index (χ1) is 8.74. The topological polar surface area (TPSA) is 36.4 Å². The van der Waals surface area contributed by atoms with Crippen molar-refractivity contribution in [1.29, 1.82) is 0 Å². The van der Waals surface area contributed by atoms with Crippen LogP contribution in [0.25, 0.3) is 0 Å². The number of aliphatic hydroxyl groups excluding tert-OH is 1. The minimum Gasteiger partial charge on any atom is -0.395 e. The molecule has 1 aromatic heterocycles. The van der Waals surface area contributed by atoms with Crippen LogP contribution in [0.3, 0.4) is 0 Å². The summed E-state index contributed by atoms with van der Waals surface area (Å²) in [4.78, 5) is 4.41. The Morgan fingerprint density at radius 1 is 1.32 bits per heavy atom. The number of hydrogen-bond acceptors (Lipinski definition) is 3. The Kier molecular flexibility index (Phi) is 5.30. The number of halogens is 6. The van der Waals surface area contributed by atoms with Crippen molar-refractivity contribution in [3.05, 3.63) is 22.8 Å². The largest absolute Gasteiger partial charge is 0.416 e. The Morgan fingerprint density at radius 2 is 1.95 bits per heavy atom. The second-order valence-electron chi connectivity index (χ2n) is 3.60. The molecule has 0 bridgehead atoms. The third-order valence-electron chi connectivity index (χ3n) is 2.16. The second kappa shape index (κ2) is 6.33. The van der Waals surface area contributed by atoms with Gasteiger partial charge >= 0.3 is 6.18 Å². The van der Waals surface area contributed by atoms with E-state index in [1.165, 1.54) is 0 Å². The molecule has 0 amide bonds. The maximum absolute atomic E-state index is 12.6. The predicted octanol–water partition coefficient (Wildman–Crippen LogP) is 2.82. The van der Waals surface area contributed by atoms with Gasteiger partial charge in [-0.2, -0.15) is 13.2 Å². The van der Waals surface area contributed by atoms with E-state index in [1.807, 2.05) is 0 Å². The molecule has 0 spiro atoms. The first-order valence-electron chi connectivity index (χ1n) is 5.12. The highest BCUT2D eigenvalue weighted by molar-refractivity contribution is 6.29. The zero-order chi connectivity index (χ0) is 14.6. The molecule has 1 heterocycles. The van der Waals surface area contributed by atoms with Gasteiger partial charge in [0.15, 0.2) is 0 Å². The first-order valence-corrected chi connectivity index (χ1v) is 5.50. The molecule has 0 saturated carbocycles. The van der Waals surface area contributed by atoms with E-state index < -0.39 is 36.5 Å². The Morgan fingerprint density at radius 3 is 2.42 bits per heavy atom. The summed E-state index contributed by atoms with van der Waals surface area (Å²) in [6, 6.07) is 1.22. The molecule has 0 atom stereocenters. The number of rotatable bonds is 5. The number of pyridine rings is 1. The van der Waals surface area contributed by atoms with Crippen LogP contribution in [-0.2, 0) is 6.18 Å². The lowest BCUT2D eigenvalue weighted by atomic mass is 10.2. The van der Waals surface area contributed by atoms with E-state index in [9.17, 15) is 22.0 Å². The van der Waals surface area contributed by atoms with E-state index in [4.69, 9.17) is 16.7 Å². The number of aliphatic hydroxyl groups is 1. The molecule has 0 radical (unpaired) electrons. The van der Waals surface area contributed by atoms with Crippen LogP contribution in [0.1, 0.15) is 5.56 Å². The summed E-state index contributed by atoms with van der Waals surface area (Å²) < 4.78 is 62.3. The molecule has 0 aliphatic carbocycles. The standard InChI is InChI=1S/C10H10ClF5N2O/c11-7-3-6(10(14,15)16)4-9(17-7)18(1-2-19)5-8(12)13/h3-4,8,19H,1-2,5H2. The zero-order valence-electron chi connectivity index (χ0n) is 9.46. The lowest BCUT2D eigenvalue weighted by Gasteiger charge is -2.23. The van der Waals surface area contributed by atoms with Crippen LogP contribution >= 0.6 is 11.6 Å². The monoisotopic (exact) mass is 304 g/mol. The van der Waals surface area contributed by atoms with Crippen molar-refractivity contribution in [2.75, 3.05) is 24.6 Å². The van der Waals surface area contributed by atoms with Crippen LogP contribution in [-0.4, -0.2) is 36.2 Å². The zero-order valence-corrected chi connectivity index (χ0v) is 10.2. The van der Waals surface area contributed by atoms with Crippen molar-refractivity contribution in [3.63, 3.8) is 0 Å². The van der Waals surface area contributed by atoms with Gasteiger partial charge in [0, 0.05) is 6.54 Å². The second-order valence-corrected chi connectivity index (χ2v) is 3.98. The van der Waals surface area contributed by atoms with Crippen LogP contribution < -0.4 is 4.90 Å². The van der Waals surface area contributed by atoms with E-state index in [0.717, 1.165) is 4.90 Å². The van der Waals surface area contributed by atoms with Crippen molar-refractivity contribution in [2.24, 2.45) is 0 Å². The summed E-state index contributed by atoms with van der Waals surface area (Å²) in [5.74, 6) is -0.353. The summed E-state index contributed by atoms with van der Waals surface area (Å²) >= 11 is 5.45. The van der Waals surface area contributed by atoms with Crippen LogP contribution in [0.2, 0.25) is 5.15 Å². The van der Waals surface area contributed by atoms with Crippen molar-refractivity contribution >= 4 is 17.4 Å². The van der Waals surface area contributed by atoms with Gasteiger partial charge in [0.25, 0.3) is 6.43 Å². The van der Waals surface area contributed by atoms with E-state index in [0.29, 0.717) is 12.1 Å². The number of alkyl halides is 5. The number of nitrogens with zero attached hydrogens (tertiary/aromatic N) is 2. The first kappa shape index (κ1) is 15.9. The van der Waals surface area contributed by atoms with Crippen molar-refractivity contribution in [3.8, 4) is 0 Å². The van der Waals surface area contributed by atoms with Crippen LogP contribution in [0, 0.1) is 0 Å². The molecule has 1 aromatic rings. The quantitative estimate of drug-likeness (QED) is 0.671. The SMILES string of the molecule is OCCN(CC(F)F)c1cc(C(F)(F)F)cc(Cl)n1. The van der Waals surface area contributed by atoms with Crippen molar-refractivity contribution in [2.45, 2.75) is 12.6 Å². The number of aromatic nitrogens is 1. The van der Waals surface area contributed by atoms with Gasteiger partial charge < -0.3 is 10.0 Å². The summed E-state index contributed by atoms with van der Waals surface area (Å²) in [7, 11) is 0. The summed E-state index contributed by atoms with van der Waals surface area (Å²) in [5, 5.41) is 8.28. The van der Waals surface area contributed by atoms with Crippen molar-refractivity contribution in [1.82, 2.24) is 4.98 Å². The molecule has 1 N–H and O–H groups in total.